The number of rotatable bonds is 3. The van der Waals surface area contributed by atoms with Gasteiger partial charge in [-0.15, -0.1) is 0 Å². The van der Waals surface area contributed by atoms with Gasteiger partial charge in [0.1, 0.15) is 23.6 Å². The van der Waals surface area contributed by atoms with Gasteiger partial charge in [-0.1, -0.05) is 12.1 Å². The Morgan fingerprint density at radius 2 is 2.00 bits per heavy atom. The van der Waals surface area contributed by atoms with Crippen LogP contribution >= 0.6 is 0 Å². The largest absolute Gasteiger partial charge is 0.507 e. The van der Waals surface area contributed by atoms with Gasteiger partial charge in [0.05, 0.1) is 17.7 Å². The molecular formula is C17H14FNO4. The van der Waals surface area contributed by atoms with Crippen LogP contribution in [-0.4, -0.2) is 35.3 Å². The summed E-state index contributed by atoms with van der Waals surface area (Å²) in [5, 5.41) is 10.2. The van der Waals surface area contributed by atoms with E-state index in [0.717, 1.165) is 5.56 Å². The van der Waals surface area contributed by atoms with Gasteiger partial charge in [-0.05, 0) is 23.8 Å². The van der Waals surface area contributed by atoms with Crippen molar-refractivity contribution in [2.45, 2.75) is 6.42 Å². The minimum absolute atomic E-state index is 0.0617. The smallest absolute Gasteiger partial charge is 0.294 e. The summed E-state index contributed by atoms with van der Waals surface area (Å²) in [6, 6.07) is 7.60. The number of nitrogens with zero attached hydrogens (tertiary/aromatic N) is 1. The third-order valence-electron chi connectivity index (χ3n) is 3.71. The number of Topliss-reactive ketones (excluding diaryl/α,β-unsaturated/α-hetero) is 1. The minimum Gasteiger partial charge on any atom is -0.507 e. The Balaban J connectivity index is 1.83. The summed E-state index contributed by atoms with van der Waals surface area (Å²) in [4.78, 5) is 24.5. The predicted molar refractivity (Wildman–Crippen MR) is 80.1 cm³/mol. The first-order valence-corrected chi connectivity index (χ1v) is 7.00. The molecule has 0 spiro atoms. The van der Waals surface area contributed by atoms with Gasteiger partial charge in [0.2, 0.25) is 0 Å². The second-order valence-electron chi connectivity index (χ2n) is 5.42. The highest BCUT2D eigenvalue weighted by molar-refractivity contribution is 6.46. The maximum absolute atomic E-state index is 12.9. The predicted octanol–water partition coefficient (Wildman–Crippen LogP) is 2.32. The van der Waals surface area contributed by atoms with E-state index in [-0.39, 0.29) is 23.7 Å². The van der Waals surface area contributed by atoms with Crippen LogP contribution < -0.4 is 0 Å². The number of ketones is 1. The van der Waals surface area contributed by atoms with Crippen LogP contribution in [0.1, 0.15) is 16.9 Å². The zero-order valence-electron chi connectivity index (χ0n) is 12.4. The molecule has 0 unspecified atom stereocenters. The van der Waals surface area contributed by atoms with Crippen LogP contribution in [0.3, 0.4) is 0 Å². The molecule has 2 aromatic rings. The van der Waals surface area contributed by atoms with Crippen molar-refractivity contribution in [1.29, 1.82) is 0 Å². The maximum atomic E-state index is 12.9. The van der Waals surface area contributed by atoms with E-state index in [4.69, 9.17) is 4.42 Å². The van der Waals surface area contributed by atoms with Gasteiger partial charge in [0, 0.05) is 13.5 Å². The summed E-state index contributed by atoms with van der Waals surface area (Å²) in [5.74, 6) is -1.34. The van der Waals surface area contributed by atoms with E-state index in [1.165, 1.54) is 30.3 Å². The summed E-state index contributed by atoms with van der Waals surface area (Å²) >= 11 is 0. The molecule has 1 aromatic heterocycles. The highest BCUT2D eigenvalue weighted by Crippen LogP contribution is 2.24. The Morgan fingerprint density at radius 3 is 2.61 bits per heavy atom. The lowest BCUT2D eigenvalue weighted by atomic mass is 10.1. The molecule has 1 saturated heterocycles. The van der Waals surface area contributed by atoms with Gasteiger partial charge in [0.25, 0.3) is 11.7 Å². The number of aliphatic hydroxyl groups is 1. The van der Waals surface area contributed by atoms with E-state index in [0.29, 0.717) is 17.7 Å². The van der Waals surface area contributed by atoms with Gasteiger partial charge in [-0.2, -0.15) is 0 Å². The van der Waals surface area contributed by atoms with E-state index < -0.39 is 11.7 Å². The Bertz CT molecular complexity index is 804. The average molecular weight is 315 g/mol. The summed E-state index contributed by atoms with van der Waals surface area (Å²) in [7, 11) is 1.50. The van der Waals surface area contributed by atoms with Crippen LogP contribution in [0.2, 0.25) is 0 Å². The van der Waals surface area contributed by atoms with Crippen molar-refractivity contribution in [2.75, 3.05) is 13.6 Å². The summed E-state index contributed by atoms with van der Waals surface area (Å²) in [6.07, 6.45) is 1.76. The molecule has 0 bridgehead atoms. The van der Waals surface area contributed by atoms with Crippen LogP contribution in [0.15, 0.2) is 46.6 Å². The number of amides is 1. The zero-order chi connectivity index (χ0) is 16.6. The van der Waals surface area contributed by atoms with Crippen LogP contribution in [0.25, 0.3) is 5.76 Å². The van der Waals surface area contributed by atoms with Crippen molar-refractivity contribution in [3.05, 3.63) is 64.9 Å². The number of hydrogen-bond acceptors (Lipinski definition) is 4. The number of halogens is 1. The summed E-state index contributed by atoms with van der Waals surface area (Å²) in [6.45, 7) is 0.0714. The molecule has 118 valence electrons. The van der Waals surface area contributed by atoms with Crippen molar-refractivity contribution in [2.24, 2.45) is 0 Å². The molecule has 1 N–H and O–H groups in total. The molecule has 1 aliphatic heterocycles. The van der Waals surface area contributed by atoms with E-state index in [2.05, 4.69) is 0 Å². The first kappa shape index (κ1) is 15.0. The minimum atomic E-state index is -0.703. The van der Waals surface area contributed by atoms with Crippen LogP contribution in [0.4, 0.5) is 4.39 Å². The molecule has 0 aliphatic carbocycles. The first-order valence-electron chi connectivity index (χ1n) is 7.00. The number of likely N-dealkylation sites (N-methyl/N-ethyl adjacent to an activating group) is 1. The molecule has 3 rings (SSSR count). The quantitative estimate of drug-likeness (QED) is 0.536. The van der Waals surface area contributed by atoms with Crippen molar-refractivity contribution in [3.8, 4) is 0 Å². The third kappa shape index (κ3) is 2.88. The molecule has 1 aliphatic rings. The van der Waals surface area contributed by atoms with Crippen molar-refractivity contribution in [3.63, 3.8) is 0 Å². The molecule has 0 saturated carbocycles. The first-order chi connectivity index (χ1) is 11.0. The number of furan rings is 1. The highest BCUT2D eigenvalue weighted by atomic mass is 19.1. The van der Waals surface area contributed by atoms with Gasteiger partial charge in [-0.3, -0.25) is 9.59 Å². The lowest BCUT2D eigenvalue weighted by Gasteiger charge is -2.03. The second kappa shape index (κ2) is 5.72. The molecule has 23 heavy (non-hydrogen) atoms. The van der Waals surface area contributed by atoms with Gasteiger partial charge in [0.15, 0.2) is 0 Å². The molecule has 1 aromatic carbocycles. The molecule has 1 fully saturated rings. The molecule has 1 amide bonds. The number of carbonyl (C=O) groups is 2. The van der Waals surface area contributed by atoms with Crippen molar-refractivity contribution < 1.29 is 23.5 Å². The van der Waals surface area contributed by atoms with Crippen molar-refractivity contribution >= 4 is 17.4 Å². The number of benzene rings is 1. The maximum Gasteiger partial charge on any atom is 0.294 e. The van der Waals surface area contributed by atoms with Crippen LogP contribution in [-0.2, 0) is 16.0 Å². The normalized spacial score (nSPS) is 17.0. The van der Waals surface area contributed by atoms with Gasteiger partial charge >= 0.3 is 0 Å². The second-order valence-corrected chi connectivity index (χ2v) is 5.42. The molecule has 6 heteroatoms. The number of likely N-dealkylation sites (tertiary alicyclic amines) is 1. The highest BCUT2D eigenvalue weighted by Gasteiger charge is 2.34. The lowest BCUT2D eigenvalue weighted by Crippen LogP contribution is -2.22. The lowest BCUT2D eigenvalue weighted by molar-refractivity contribution is -0.138. The van der Waals surface area contributed by atoms with Crippen molar-refractivity contribution in [1.82, 2.24) is 4.90 Å². The molecule has 0 atom stereocenters. The Kier molecular flexibility index (Phi) is 3.73. The van der Waals surface area contributed by atoms with E-state index in [1.54, 1.807) is 18.2 Å². The standard InChI is InChI=1S/C17H14FNO4/c1-19-8-14(16(21)17(19)22)15(20)11-7-13(23-9-11)6-10-2-4-12(18)5-3-10/h2-5,7,9,20H,6,8H2,1H3. The Hall–Kier alpha value is -2.89. The topological polar surface area (TPSA) is 70.8 Å². The monoisotopic (exact) mass is 315 g/mol. The Morgan fingerprint density at radius 1 is 1.30 bits per heavy atom. The van der Waals surface area contributed by atoms with E-state index in [1.807, 2.05) is 0 Å². The molecular weight excluding hydrogens is 301 g/mol. The zero-order valence-corrected chi connectivity index (χ0v) is 12.4. The molecule has 2 heterocycles. The van der Waals surface area contributed by atoms with Crippen LogP contribution in [0.5, 0.6) is 0 Å². The number of carbonyl (C=O) groups excluding carboxylic acids is 2. The Labute approximate surface area is 131 Å². The SMILES string of the molecule is CN1CC(=C(O)c2coc(Cc3ccc(F)cc3)c2)C(=O)C1=O. The fourth-order valence-electron chi connectivity index (χ4n) is 2.44. The molecule has 5 nitrogen and oxygen atoms in total. The van der Waals surface area contributed by atoms with Gasteiger partial charge in [-0.25, -0.2) is 4.39 Å². The number of hydrogen-bond donors (Lipinski definition) is 1. The van der Waals surface area contributed by atoms with Crippen LogP contribution in [0, 0.1) is 5.82 Å². The van der Waals surface area contributed by atoms with E-state index in [9.17, 15) is 19.1 Å². The van der Waals surface area contributed by atoms with E-state index >= 15 is 0 Å². The summed E-state index contributed by atoms with van der Waals surface area (Å²) < 4.78 is 18.3. The summed E-state index contributed by atoms with van der Waals surface area (Å²) in [5.41, 5.74) is 1.26. The molecule has 0 radical (unpaired) electrons. The van der Waals surface area contributed by atoms with Gasteiger partial charge < -0.3 is 14.4 Å². The average Bonchev–Trinajstić information content (AvgIpc) is 3.10. The third-order valence-corrected chi connectivity index (χ3v) is 3.71. The fourth-order valence-corrected chi connectivity index (χ4v) is 2.44. The number of aliphatic hydroxyl groups excluding tert-OH is 1. The fraction of sp³-hybridized carbons (Fsp3) is 0.176.